The van der Waals surface area contributed by atoms with Crippen LogP contribution in [0, 0.1) is 5.41 Å². The van der Waals surface area contributed by atoms with Gasteiger partial charge in [-0.1, -0.05) is 20.8 Å². The molecule has 0 aliphatic rings. The summed E-state index contributed by atoms with van der Waals surface area (Å²) in [7, 11) is 0. The van der Waals surface area contributed by atoms with Crippen molar-refractivity contribution in [2.75, 3.05) is 6.61 Å². The molecule has 2 aromatic heterocycles. The number of nitrogens with one attached hydrogen (secondary N) is 1. The van der Waals surface area contributed by atoms with Gasteiger partial charge in [0.1, 0.15) is 0 Å². The highest BCUT2D eigenvalue weighted by atomic mass is 16.3. The first-order chi connectivity index (χ1) is 9.99. The fourth-order valence-corrected chi connectivity index (χ4v) is 2.21. The molecule has 6 nitrogen and oxygen atoms in total. The molecule has 0 radical (unpaired) electrons. The van der Waals surface area contributed by atoms with Crippen molar-refractivity contribution < 1.29 is 5.11 Å². The van der Waals surface area contributed by atoms with Gasteiger partial charge < -0.3 is 15.0 Å². The third kappa shape index (κ3) is 4.68. The van der Waals surface area contributed by atoms with Crippen molar-refractivity contribution in [1.82, 2.24) is 24.6 Å². The quantitative estimate of drug-likeness (QED) is 0.806. The van der Waals surface area contributed by atoms with Gasteiger partial charge in [0.05, 0.1) is 25.7 Å². The maximum absolute atomic E-state index is 8.91. The Bertz CT molecular complexity index is 527. The number of aromatic nitrogens is 4. The van der Waals surface area contributed by atoms with Crippen molar-refractivity contribution in [3.63, 3.8) is 0 Å². The SMILES string of the molecule is CC(C)(C)C(Cn1ccnc1)NCc1cnn(CCO)c1. The maximum Gasteiger partial charge on any atom is 0.0946 e. The van der Waals surface area contributed by atoms with Crippen LogP contribution in [0.25, 0.3) is 0 Å². The number of hydrogen-bond donors (Lipinski definition) is 2. The van der Waals surface area contributed by atoms with E-state index in [4.69, 9.17) is 5.11 Å². The van der Waals surface area contributed by atoms with E-state index < -0.39 is 0 Å². The van der Waals surface area contributed by atoms with E-state index in [2.05, 4.69) is 40.7 Å². The van der Waals surface area contributed by atoms with E-state index in [1.54, 1.807) is 10.9 Å². The summed E-state index contributed by atoms with van der Waals surface area (Å²) in [6.07, 6.45) is 9.46. The Morgan fingerprint density at radius 1 is 1.38 bits per heavy atom. The van der Waals surface area contributed by atoms with Crippen LogP contribution in [-0.4, -0.2) is 37.1 Å². The van der Waals surface area contributed by atoms with Gasteiger partial charge >= 0.3 is 0 Å². The van der Waals surface area contributed by atoms with Gasteiger partial charge in [0.15, 0.2) is 0 Å². The van der Waals surface area contributed by atoms with Gasteiger partial charge in [-0.25, -0.2) is 4.98 Å². The lowest BCUT2D eigenvalue weighted by Crippen LogP contribution is -2.42. The average Bonchev–Trinajstić information content (AvgIpc) is 3.05. The number of nitrogens with zero attached hydrogens (tertiary/aromatic N) is 4. The molecule has 0 saturated heterocycles. The Morgan fingerprint density at radius 3 is 2.81 bits per heavy atom. The van der Waals surface area contributed by atoms with Crippen molar-refractivity contribution in [3.05, 3.63) is 36.7 Å². The number of hydrogen-bond acceptors (Lipinski definition) is 4. The van der Waals surface area contributed by atoms with Gasteiger partial charge in [-0.05, 0) is 5.41 Å². The highest BCUT2D eigenvalue weighted by Gasteiger charge is 2.24. The summed E-state index contributed by atoms with van der Waals surface area (Å²) < 4.78 is 3.86. The Balaban J connectivity index is 1.95. The lowest BCUT2D eigenvalue weighted by Gasteiger charge is -2.32. The zero-order valence-electron chi connectivity index (χ0n) is 13.0. The molecule has 21 heavy (non-hydrogen) atoms. The Labute approximate surface area is 125 Å². The van der Waals surface area contributed by atoms with E-state index in [1.165, 1.54) is 0 Å². The number of aliphatic hydroxyl groups excluding tert-OH is 1. The summed E-state index contributed by atoms with van der Waals surface area (Å²) in [4.78, 5) is 4.10. The van der Waals surface area contributed by atoms with Gasteiger partial charge in [-0.2, -0.15) is 5.10 Å². The minimum atomic E-state index is 0.111. The number of aliphatic hydroxyl groups is 1. The van der Waals surface area contributed by atoms with Gasteiger partial charge in [0.2, 0.25) is 0 Å². The molecule has 0 aromatic carbocycles. The number of imidazole rings is 1. The van der Waals surface area contributed by atoms with Crippen molar-refractivity contribution in [1.29, 1.82) is 0 Å². The van der Waals surface area contributed by atoms with Crippen LogP contribution in [0.15, 0.2) is 31.1 Å². The molecule has 2 N–H and O–H groups in total. The second-order valence-corrected chi connectivity index (χ2v) is 6.39. The predicted molar refractivity (Wildman–Crippen MR) is 81.6 cm³/mol. The Morgan fingerprint density at radius 2 is 2.19 bits per heavy atom. The predicted octanol–water partition coefficient (Wildman–Crippen LogP) is 1.28. The summed E-state index contributed by atoms with van der Waals surface area (Å²) in [5, 5.41) is 16.7. The zero-order chi connectivity index (χ0) is 15.3. The monoisotopic (exact) mass is 291 g/mol. The van der Waals surface area contributed by atoms with Crippen LogP contribution in [0.5, 0.6) is 0 Å². The average molecular weight is 291 g/mol. The fourth-order valence-electron chi connectivity index (χ4n) is 2.21. The van der Waals surface area contributed by atoms with Gasteiger partial charge in [0.25, 0.3) is 0 Å². The molecule has 0 bridgehead atoms. The summed E-state index contributed by atoms with van der Waals surface area (Å²) in [5.41, 5.74) is 1.27. The van der Waals surface area contributed by atoms with Gasteiger partial charge in [-0.3, -0.25) is 4.68 Å². The molecule has 0 fully saturated rings. The van der Waals surface area contributed by atoms with Crippen LogP contribution in [-0.2, 0) is 19.6 Å². The van der Waals surface area contributed by atoms with Gasteiger partial charge in [-0.15, -0.1) is 0 Å². The van der Waals surface area contributed by atoms with Crippen molar-refractivity contribution >= 4 is 0 Å². The minimum absolute atomic E-state index is 0.111. The molecule has 0 saturated carbocycles. The first-order valence-electron chi connectivity index (χ1n) is 7.30. The highest BCUT2D eigenvalue weighted by Crippen LogP contribution is 2.21. The summed E-state index contributed by atoms with van der Waals surface area (Å²) in [6, 6.07) is 0.327. The molecule has 6 heteroatoms. The molecule has 2 aromatic rings. The second kappa shape index (κ2) is 6.87. The lowest BCUT2D eigenvalue weighted by molar-refractivity contribution is 0.240. The van der Waals surface area contributed by atoms with E-state index in [0.29, 0.717) is 12.6 Å². The molecule has 1 unspecified atom stereocenters. The van der Waals surface area contributed by atoms with E-state index in [1.807, 2.05) is 24.9 Å². The van der Waals surface area contributed by atoms with Gasteiger partial charge in [0, 0.05) is 43.3 Å². The largest absolute Gasteiger partial charge is 0.394 e. The summed E-state index contributed by atoms with van der Waals surface area (Å²) in [6.45, 7) is 9.00. The molecule has 0 spiro atoms. The third-order valence-corrected chi connectivity index (χ3v) is 3.57. The third-order valence-electron chi connectivity index (χ3n) is 3.57. The van der Waals surface area contributed by atoms with Crippen LogP contribution in [0.2, 0.25) is 0 Å². The van der Waals surface area contributed by atoms with Crippen LogP contribution in [0.3, 0.4) is 0 Å². The summed E-state index contributed by atoms with van der Waals surface area (Å²) >= 11 is 0. The van der Waals surface area contributed by atoms with Crippen molar-refractivity contribution in [2.24, 2.45) is 5.41 Å². The molecular weight excluding hydrogens is 266 g/mol. The molecule has 0 aliphatic carbocycles. The van der Waals surface area contributed by atoms with Crippen LogP contribution < -0.4 is 5.32 Å². The Kier molecular flexibility index (Phi) is 5.14. The topological polar surface area (TPSA) is 67.9 Å². The van der Waals surface area contributed by atoms with Crippen molar-refractivity contribution in [3.8, 4) is 0 Å². The minimum Gasteiger partial charge on any atom is -0.394 e. The van der Waals surface area contributed by atoms with Crippen LogP contribution >= 0.6 is 0 Å². The first-order valence-corrected chi connectivity index (χ1v) is 7.30. The second-order valence-electron chi connectivity index (χ2n) is 6.39. The summed E-state index contributed by atoms with van der Waals surface area (Å²) in [5.74, 6) is 0. The van der Waals surface area contributed by atoms with E-state index in [0.717, 1.165) is 18.7 Å². The lowest BCUT2D eigenvalue weighted by atomic mass is 9.86. The molecule has 0 aliphatic heterocycles. The molecule has 1 atom stereocenters. The van der Waals surface area contributed by atoms with E-state index >= 15 is 0 Å². The van der Waals surface area contributed by atoms with Crippen LogP contribution in [0.4, 0.5) is 0 Å². The number of rotatable bonds is 7. The van der Waals surface area contributed by atoms with E-state index in [-0.39, 0.29) is 12.0 Å². The van der Waals surface area contributed by atoms with Crippen LogP contribution in [0.1, 0.15) is 26.3 Å². The molecule has 116 valence electrons. The fraction of sp³-hybridized carbons (Fsp3) is 0.600. The molecular formula is C15H25N5O. The highest BCUT2D eigenvalue weighted by molar-refractivity contribution is 5.04. The molecule has 0 amide bonds. The maximum atomic E-state index is 8.91. The van der Waals surface area contributed by atoms with E-state index in [9.17, 15) is 0 Å². The smallest absolute Gasteiger partial charge is 0.0946 e. The van der Waals surface area contributed by atoms with Crippen molar-refractivity contribution in [2.45, 2.75) is 46.4 Å². The molecule has 2 rings (SSSR count). The normalized spacial score (nSPS) is 13.5. The standard InChI is InChI=1S/C15H25N5O/c1-15(2,3)14(11-19-5-4-16-12-19)17-8-13-9-18-20(10-13)6-7-21/h4-5,9-10,12,14,17,21H,6-8,11H2,1-3H3. The zero-order valence-corrected chi connectivity index (χ0v) is 13.0. The Hall–Kier alpha value is -1.66. The first kappa shape index (κ1) is 15.7. The molecule has 2 heterocycles.